The van der Waals surface area contributed by atoms with Crippen molar-refractivity contribution in [3.63, 3.8) is 0 Å². The minimum atomic E-state index is -0.483. The van der Waals surface area contributed by atoms with E-state index in [9.17, 15) is 38.4 Å². The molecule has 92 heavy (non-hydrogen) atoms. The van der Waals surface area contributed by atoms with Crippen LogP contribution >= 0.6 is 0 Å². The van der Waals surface area contributed by atoms with E-state index in [-0.39, 0.29) is 47.7 Å². The van der Waals surface area contributed by atoms with Gasteiger partial charge in [-0.3, -0.25) is 33.6 Å². The van der Waals surface area contributed by atoms with Gasteiger partial charge in [-0.25, -0.2) is 4.79 Å². The predicted octanol–water partition coefficient (Wildman–Crippen LogP) is 17.2. The fraction of sp³-hybridized carbons (Fsp3) is 0.720. The van der Waals surface area contributed by atoms with Gasteiger partial charge in [0, 0.05) is 38.5 Å². The van der Waals surface area contributed by atoms with Crippen LogP contribution in [-0.2, 0) is 62.0 Å². The van der Waals surface area contributed by atoms with Crippen LogP contribution in [0, 0.1) is 30.6 Å². The largest absolute Gasteiger partial charge is 0.494 e. The number of ether oxygens (including phenoxy) is 9. The van der Waals surface area contributed by atoms with E-state index in [2.05, 4.69) is 13.8 Å². The molecule has 0 atom stereocenters. The van der Waals surface area contributed by atoms with Crippen molar-refractivity contribution in [2.24, 2.45) is 23.7 Å². The first-order chi connectivity index (χ1) is 44.9. The summed E-state index contributed by atoms with van der Waals surface area (Å²) in [6, 6.07) is 13.6. The van der Waals surface area contributed by atoms with Crippen LogP contribution < -0.4 is 14.2 Å². The molecule has 2 saturated carbocycles. The van der Waals surface area contributed by atoms with Gasteiger partial charge in [-0.15, -0.1) is 0 Å². The van der Waals surface area contributed by atoms with Crippen LogP contribution in [0.5, 0.6) is 17.2 Å². The molecule has 0 bridgehead atoms. The molecular formula is C75H115O17. The summed E-state index contributed by atoms with van der Waals surface area (Å²) in [5, 5.41) is 0. The minimum absolute atomic E-state index is 0.0608. The Morgan fingerprint density at radius 1 is 0.348 bits per heavy atom. The Labute approximate surface area is 551 Å². The summed E-state index contributed by atoms with van der Waals surface area (Å²) in [5.74, 6) is 1.90. The smallest absolute Gasteiger partial charge is 0.343 e. The Balaban J connectivity index is 0.838. The zero-order valence-electron chi connectivity index (χ0n) is 56.2. The molecule has 0 heterocycles. The maximum atomic E-state index is 13.1. The second-order valence-corrected chi connectivity index (χ2v) is 25.4. The van der Waals surface area contributed by atoms with E-state index in [1.165, 1.54) is 51.4 Å². The molecule has 17 nitrogen and oxygen atoms in total. The summed E-state index contributed by atoms with van der Waals surface area (Å²) in [6.45, 7) is 8.64. The Hall–Kier alpha value is -6.00. The van der Waals surface area contributed by atoms with E-state index in [0.717, 1.165) is 140 Å². The van der Waals surface area contributed by atoms with Crippen LogP contribution in [0.3, 0.4) is 0 Å². The Kier molecular flexibility index (Phi) is 43.8. The van der Waals surface area contributed by atoms with Crippen molar-refractivity contribution in [1.82, 2.24) is 0 Å². The fourth-order valence-electron chi connectivity index (χ4n) is 11.9. The fourth-order valence-corrected chi connectivity index (χ4v) is 11.9. The third-order valence-electron chi connectivity index (χ3n) is 17.6. The molecule has 2 aromatic rings. The zero-order valence-corrected chi connectivity index (χ0v) is 56.2. The maximum absolute atomic E-state index is 13.1. The Morgan fingerprint density at radius 3 is 1.05 bits per heavy atom. The predicted molar refractivity (Wildman–Crippen MR) is 354 cm³/mol. The number of rotatable bonds is 53. The molecule has 0 aliphatic heterocycles. The van der Waals surface area contributed by atoms with Crippen molar-refractivity contribution >= 4 is 47.8 Å². The van der Waals surface area contributed by atoms with E-state index in [4.69, 9.17) is 42.6 Å². The lowest BCUT2D eigenvalue weighted by Crippen LogP contribution is -2.30. The van der Waals surface area contributed by atoms with Gasteiger partial charge in [0.2, 0.25) is 0 Å². The first kappa shape index (κ1) is 78.4. The number of esters is 8. The third-order valence-corrected chi connectivity index (χ3v) is 17.6. The lowest BCUT2D eigenvalue weighted by atomic mass is 9.68. The van der Waals surface area contributed by atoms with Crippen molar-refractivity contribution in [3.05, 3.63) is 61.0 Å². The van der Waals surface area contributed by atoms with Gasteiger partial charge in [-0.05, 0) is 220 Å². The van der Waals surface area contributed by atoms with Gasteiger partial charge >= 0.3 is 47.8 Å². The van der Waals surface area contributed by atoms with E-state index in [1.807, 2.05) is 0 Å². The average molecular weight is 1290 g/mol. The molecule has 2 aromatic carbocycles. The molecule has 0 N–H and O–H groups in total. The molecule has 0 saturated heterocycles. The minimum Gasteiger partial charge on any atom is -0.494 e. The normalized spacial score (nSPS) is 16.2. The summed E-state index contributed by atoms with van der Waals surface area (Å²) < 4.78 is 49.1. The maximum Gasteiger partial charge on any atom is 0.343 e. The molecule has 0 aromatic heterocycles. The van der Waals surface area contributed by atoms with Crippen molar-refractivity contribution in [3.8, 4) is 17.2 Å². The molecule has 2 fully saturated rings. The van der Waals surface area contributed by atoms with Gasteiger partial charge in [0.1, 0.15) is 17.2 Å². The second-order valence-electron chi connectivity index (χ2n) is 25.4. The highest BCUT2D eigenvalue weighted by Crippen LogP contribution is 2.43. The molecule has 4 rings (SSSR count). The lowest BCUT2D eigenvalue weighted by molar-refractivity contribution is -0.146. The summed E-state index contributed by atoms with van der Waals surface area (Å²) in [7, 11) is 0. The van der Waals surface area contributed by atoms with Crippen LogP contribution in [-0.4, -0.2) is 94.0 Å². The molecule has 1 radical (unpaired) electrons. The Morgan fingerprint density at radius 2 is 0.674 bits per heavy atom. The first-order valence-electron chi connectivity index (χ1n) is 35.9. The molecule has 2 aliphatic rings. The van der Waals surface area contributed by atoms with Crippen molar-refractivity contribution in [1.29, 1.82) is 0 Å². The highest BCUT2D eigenvalue weighted by molar-refractivity contribution is 5.91. The van der Waals surface area contributed by atoms with Gasteiger partial charge in [-0.1, -0.05) is 90.9 Å². The average Bonchev–Trinajstić information content (AvgIpc) is 1.46. The Bertz CT molecular complexity index is 2320. The molecule has 0 unspecified atom stereocenters. The topological polar surface area (TPSA) is 220 Å². The van der Waals surface area contributed by atoms with Crippen LogP contribution in [0.15, 0.2) is 48.5 Å². The molecule has 2 aliphatic carbocycles. The summed E-state index contributed by atoms with van der Waals surface area (Å²) in [6.07, 6.45) is 35.8. The first-order valence-corrected chi connectivity index (χ1v) is 35.9. The van der Waals surface area contributed by atoms with Crippen LogP contribution in [0.2, 0.25) is 0 Å². The van der Waals surface area contributed by atoms with Crippen molar-refractivity contribution in [2.45, 2.75) is 277 Å². The van der Waals surface area contributed by atoms with E-state index >= 15 is 0 Å². The summed E-state index contributed by atoms with van der Waals surface area (Å²) >= 11 is 0. The van der Waals surface area contributed by atoms with E-state index in [1.54, 1.807) is 48.5 Å². The molecule has 17 heteroatoms. The molecule has 517 valence electrons. The number of carbonyl (C=O) groups excluding carboxylic acids is 8. The van der Waals surface area contributed by atoms with Crippen molar-refractivity contribution in [2.75, 3.05) is 46.2 Å². The molecular weight excluding hydrogens is 1170 g/mol. The quantitative estimate of drug-likeness (QED) is 0.0260. The highest BCUT2D eigenvalue weighted by Gasteiger charge is 2.34. The number of hydrogen-bond acceptors (Lipinski definition) is 17. The lowest BCUT2D eigenvalue weighted by Gasteiger charge is -2.37. The second kappa shape index (κ2) is 51.4. The zero-order chi connectivity index (χ0) is 65.9. The molecule has 0 amide bonds. The molecule has 0 spiro atoms. The SMILES string of the molecule is [CH2]CCCCC(=O)OCCCCCC(=O)OCCCCCC(=O)OCCCCCC(=O)OCCCCCC(=O)OCCCCCC(=O)OCCCCCCCCOc1ccc(C(=O)Oc2ccc(OC(=O)C3CCC(C4CCC(CCCCC)CC4)CC3)cc2)cc1. The van der Waals surface area contributed by atoms with Gasteiger partial charge in [0.05, 0.1) is 57.7 Å². The number of carbonyl (C=O) groups is 8. The van der Waals surface area contributed by atoms with E-state index < -0.39 is 5.97 Å². The number of unbranched alkanes of at least 4 members (excludes halogenated alkanes) is 19. The number of benzene rings is 2. The third kappa shape index (κ3) is 38.9. The van der Waals surface area contributed by atoms with Crippen molar-refractivity contribution < 1.29 is 81.0 Å². The highest BCUT2D eigenvalue weighted by atomic mass is 16.6. The van der Waals surface area contributed by atoms with Gasteiger partial charge < -0.3 is 42.6 Å². The van der Waals surface area contributed by atoms with Crippen LogP contribution in [0.4, 0.5) is 0 Å². The number of hydrogen-bond donors (Lipinski definition) is 0. The van der Waals surface area contributed by atoms with Gasteiger partial charge in [-0.2, -0.15) is 0 Å². The van der Waals surface area contributed by atoms with E-state index in [0.29, 0.717) is 165 Å². The standard InChI is InChI=1S/C75H115O17/c1-3-5-16-30-60-37-39-61(40-38-60)62-41-43-63(44-42-62)74(82)91-66-49-51-67(52-50-66)92-75(83)64-45-47-65(48-46-64)84-53-23-9-7-8-10-24-54-85-69(77)32-18-12-26-56-87-71(79)34-20-14-28-58-89-73(81)36-22-15-29-59-90-72(80)35-21-13-27-57-88-70(78)33-19-11-25-55-86-68(76)31-17-6-4-2/h45-52,60-63H,2-44,53-59H2,1H3. The van der Waals surface area contributed by atoms with Crippen LogP contribution in [0.25, 0.3) is 0 Å². The monoisotopic (exact) mass is 1290 g/mol. The van der Waals surface area contributed by atoms with Gasteiger partial charge in [0.15, 0.2) is 0 Å². The summed E-state index contributed by atoms with van der Waals surface area (Å²) in [5.41, 5.74) is 0.405. The van der Waals surface area contributed by atoms with Gasteiger partial charge in [0.25, 0.3) is 0 Å². The summed E-state index contributed by atoms with van der Waals surface area (Å²) in [4.78, 5) is 97.9. The van der Waals surface area contributed by atoms with Crippen LogP contribution in [0.1, 0.15) is 287 Å².